The van der Waals surface area contributed by atoms with Gasteiger partial charge in [0, 0.05) is 35.1 Å². The van der Waals surface area contributed by atoms with Crippen molar-refractivity contribution in [3.63, 3.8) is 0 Å². The Morgan fingerprint density at radius 3 is 2.64 bits per heavy atom. The molecule has 0 unspecified atom stereocenters. The molecule has 3 aromatic carbocycles. The fourth-order valence-electron chi connectivity index (χ4n) is 5.79. The van der Waals surface area contributed by atoms with Gasteiger partial charge in [-0.2, -0.15) is 0 Å². The Labute approximate surface area is 227 Å². The van der Waals surface area contributed by atoms with E-state index in [2.05, 4.69) is 39.5 Å². The average molecular weight is 524 g/mol. The molecule has 8 heteroatoms. The molecule has 0 amide bonds. The summed E-state index contributed by atoms with van der Waals surface area (Å²) in [7, 11) is 0. The number of nitro groups is 1. The van der Waals surface area contributed by atoms with Crippen LogP contribution < -0.4 is 5.32 Å². The first-order valence-electron chi connectivity index (χ1n) is 13.8. The van der Waals surface area contributed by atoms with E-state index < -0.39 is 4.92 Å². The lowest BCUT2D eigenvalue weighted by Crippen LogP contribution is -2.23. The molecule has 0 atom stereocenters. The standard InChI is InChI=1S/C31H33N5O3/c37-31-29(27-19-26(36(38)39)11-12-28(27)34-31)30(33-25-10-9-24-20-32-14-13-23(24)18-25)22-7-5-21(6-8-22)4-3-17-35-15-1-2-16-35/h5-12,18-19,32,34,37H,1-4,13-17,20H2. The van der Waals surface area contributed by atoms with Crippen molar-refractivity contribution in [2.24, 2.45) is 4.99 Å². The van der Waals surface area contributed by atoms with Crippen molar-refractivity contribution < 1.29 is 10.0 Å². The molecule has 0 aliphatic carbocycles. The number of hydrogen-bond acceptors (Lipinski definition) is 6. The van der Waals surface area contributed by atoms with Gasteiger partial charge >= 0.3 is 0 Å². The highest BCUT2D eigenvalue weighted by Crippen LogP contribution is 2.34. The third-order valence-corrected chi connectivity index (χ3v) is 7.89. The fourth-order valence-corrected chi connectivity index (χ4v) is 5.79. The molecule has 2 aliphatic rings. The summed E-state index contributed by atoms with van der Waals surface area (Å²) in [6.45, 7) is 5.33. The smallest absolute Gasteiger partial charge is 0.270 e. The first kappa shape index (κ1) is 25.3. The highest BCUT2D eigenvalue weighted by Gasteiger charge is 2.21. The summed E-state index contributed by atoms with van der Waals surface area (Å²) in [5, 5.41) is 26.5. The Kier molecular flexibility index (Phi) is 7.13. The molecule has 0 saturated carbocycles. The number of aromatic nitrogens is 1. The predicted molar refractivity (Wildman–Crippen MR) is 154 cm³/mol. The van der Waals surface area contributed by atoms with E-state index in [0.29, 0.717) is 22.2 Å². The molecule has 0 bridgehead atoms. The lowest BCUT2D eigenvalue weighted by molar-refractivity contribution is -0.384. The maximum Gasteiger partial charge on any atom is 0.270 e. The molecule has 2 aliphatic heterocycles. The van der Waals surface area contributed by atoms with Crippen LogP contribution in [-0.4, -0.2) is 51.8 Å². The van der Waals surface area contributed by atoms with Gasteiger partial charge in [-0.3, -0.25) is 10.1 Å². The molecule has 1 saturated heterocycles. The van der Waals surface area contributed by atoms with E-state index in [1.807, 2.05) is 18.2 Å². The van der Waals surface area contributed by atoms with Crippen LogP contribution in [0.1, 0.15) is 47.1 Å². The number of aryl methyl sites for hydroxylation is 1. The number of aromatic amines is 1. The zero-order valence-corrected chi connectivity index (χ0v) is 21.9. The minimum Gasteiger partial charge on any atom is -0.494 e. The van der Waals surface area contributed by atoms with Gasteiger partial charge in [-0.25, -0.2) is 4.99 Å². The van der Waals surface area contributed by atoms with Crippen molar-refractivity contribution >= 4 is 28.0 Å². The third kappa shape index (κ3) is 5.44. The number of H-pyrrole nitrogens is 1. The normalized spacial score (nSPS) is 16.1. The highest BCUT2D eigenvalue weighted by atomic mass is 16.6. The van der Waals surface area contributed by atoms with E-state index in [0.717, 1.165) is 50.1 Å². The zero-order valence-electron chi connectivity index (χ0n) is 21.9. The Balaban J connectivity index is 1.38. The van der Waals surface area contributed by atoms with Crippen LogP contribution in [0.15, 0.2) is 65.7 Å². The number of aliphatic imine (C=N–C) groups is 1. The Morgan fingerprint density at radius 2 is 1.85 bits per heavy atom. The fraction of sp³-hybridized carbons (Fsp3) is 0.323. The van der Waals surface area contributed by atoms with Gasteiger partial charge in [0.15, 0.2) is 5.88 Å². The van der Waals surface area contributed by atoms with Crippen molar-refractivity contribution in [3.05, 3.63) is 98.6 Å². The van der Waals surface area contributed by atoms with E-state index in [4.69, 9.17) is 4.99 Å². The Bertz CT molecular complexity index is 1530. The van der Waals surface area contributed by atoms with E-state index >= 15 is 0 Å². The number of rotatable bonds is 8. The van der Waals surface area contributed by atoms with Crippen LogP contribution in [-0.2, 0) is 19.4 Å². The van der Waals surface area contributed by atoms with Crippen molar-refractivity contribution in [1.82, 2.24) is 15.2 Å². The molecular formula is C31H33N5O3. The molecule has 1 fully saturated rings. The van der Waals surface area contributed by atoms with E-state index in [1.165, 1.54) is 54.8 Å². The van der Waals surface area contributed by atoms with Crippen LogP contribution in [0.2, 0.25) is 0 Å². The van der Waals surface area contributed by atoms with Gasteiger partial charge in [-0.05, 0) is 93.2 Å². The Morgan fingerprint density at radius 1 is 1.03 bits per heavy atom. The first-order valence-corrected chi connectivity index (χ1v) is 13.8. The molecule has 0 radical (unpaired) electrons. The second kappa shape index (κ2) is 11.0. The van der Waals surface area contributed by atoms with Gasteiger partial charge in [0.05, 0.1) is 21.9 Å². The molecule has 6 rings (SSSR count). The molecule has 3 heterocycles. The number of nitrogens with one attached hydrogen (secondary N) is 2. The van der Waals surface area contributed by atoms with Gasteiger partial charge in [0.1, 0.15) is 0 Å². The molecular weight excluding hydrogens is 490 g/mol. The van der Waals surface area contributed by atoms with E-state index in [9.17, 15) is 15.2 Å². The SMILES string of the molecule is O=[N+]([O-])c1ccc2[nH]c(O)c(C(=Nc3ccc4c(c3)CCNC4)c3ccc(CCCN4CCCC4)cc3)c2c1. The Hall–Kier alpha value is -4.01. The monoisotopic (exact) mass is 523 g/mol. The molecule has 200 valence electrons. The van der Waals surface area contributed by atoms with Gasteiger partial charge < -0.3 is 20.3 Å². The van der Waals surface area contributed by atoms with E-state index in [1.54, 1.807) is 6.07 Å². The summed E-state index contributed by atoms with van der Waals surface area (Å²) >= 11 is 0. The van der Waals surface area contributed by atoms with Gasteiger partial charge in [-0.1, -0.05) is 30.3 Å². The number of aromatic hydroxyl groups is 1. The predicted octanol–water partition coefficient (Wildman–Crippen LogP) is 5.62. The van der Waals surface area contributed by atoms with Crippen LogP contribution >= 0.6 is 0 Å². The van der Waals surface area contributed by atoms with E-state index in [-0.39, 0.29) is 11.6 Å². The number of likely N-dealkylation sites (tertiary alicyclic amines) is 1. The summed E-state index contributed by atoms with van der Waals surface area (Å²) < 4.78 is 0. The quantitative estimate of drug-likeness (QED) is 0.158. The highest BCUT2D eigenvalue weighted by molar-refractivity contribution is 6.22. The van der Waals surface area contributed by atoms with Crippen LogP contribution in [0.4, 0.5) is 11.4 Å². The van der Waals surface area contributed by atoms with Crippen LogP contribution in [0.25, 0.3) is 10.9 Å². The summed E-state index contributed by atoms with van der Waals surface area (Å²) in [5.74, 6) is -0.0545. The number of nitrogens with zero attached hydrogens (tertiary/aromatic N) is 3. The minimum atomic E-state index is -0.418. The lowest BCUT2D eigenvalue weighted by Gasteiger charge is -2.17. The number of hydrogen-bond donors (Lipinski definition) is 3. The minimum absolute atomic E-state index is 0.0308. The number of fused-ring (bicyclic) bond motifs is 2. The number of benzene rings is 3. The van der Waals surface area contributed by atoms with Crippen molar-refractivity contribution in [3.8, 4) is 5.88 Å². The van der Waals surface area contributed by atoms with Crippen molar-refractivity contribution in [1.29, 1.82) is 0 Å². The molecule has 4 aromatic rings. The number of nitro benzene ring substituents is 1. The average Bonchev–Trinajstić information content (AvgIpc) is 3.59. The maximum absolute atomic E-state index is 11.5. The van der Waals surface area contributed by atoms with Crippen molar-refractivity contribution in [2.75, 3.05) is 26.2 Å². The summed E-state index contributed by atoms with van der Waals surface area (Å²) in [5.41, 5.74) is 7.07. The largest absolute Gasteiger partial charge is 0.494 e. The topological polar surface area (TPSA) is 107 Å². The first-order chi connectivity index (χ1) is 19.0. The molecule has 0 spiro atoms. The van der Waals surface area contributed by atoms with Crippen molar-refractivity contribution in [2.45, 2.75) is 38.6 Å². The second-order valence-electron chi connectivity index (χ2n) is 10.5. The molecule has 3 N–H and O–H groups in total. The summed E-state index contributed by atoms with van der Waals surface area (Å²) in [6.07, 6.45) is 5.68. The van der Waals surface area contributed by atoms with Gasteiger partial charge in [0.25, 0.3) is 5.69 Å². The third-order valence-electron chi connectivity index (χ3n) is 7.89. The maximum atomic E-state index is 11.5. The van der Waals surface area contributed by atoms with Crippen LogP contribution in [0, 0.1) is 10.1 Å². The molecule has 1 aromatic heterocycles. The number of non-ortho nitro benzene ring substituents is 1. The summed E-state index contributed by atoms with van der Waals surface area (Å²) in [6, 6.07) is 19.1. The van der Waals surface area contributed by atoms with Gasteiger partial charge in [-0.15, -0.1) is 0 Å². The van der Waals surface area contributed by atoms with Crippen LogP contribution in [0.3, 0.4) is 0 Å². The summed E-state index contributed by atoms with van der Waals surface area (Å²) in [4.78, 5) is 21.7. The molecule has 8 nitrogen and oxygen atoms in total. The zero-order chi connectivity index (χ0) is 26.8. The second-order valence-corrected chi connectivity index (χ2v) is 10.5. The van der Waals surface area contributed by atoms with Crippen LogP contribution in [0.5, 0.6) is 5.88 Å². The van der Waals surface area contributed by atoms with Gasteiger partial charge in [0.2, 0.25) is 0 Å². The lowest BCUT2D eigenvalue weighted by atomic mass is 9.97. The molecule has 39 heavy (non-hydrogen) atoms.